The Morgan fingerprint density at radius 2 is 1.38 bits per heavy atom. The highest BCUT2D eigenvalue weighted by atomic mass is 32.2. The van der Waals surface area contributed by atoms with Crippen molar-refractivity contribution in [2.75, 3.05) is 12.9 Å². The van der Waals surface area contributed by atoms with E-state index in [1.807, 2.05) is 0 Å². The van der Waals surface area contributed by atoms with Gasteiger partial charge in [-0.3, -0.25) is 0 Å². The van der Waals surface area contributed by atoms with Crippen molar-refractivity contribution in [3.8, 4) is 28.0 Å². The van der Waals surface area contributed by atoms with Gasteiger partial charge in [-0.2, -0.15) is 0 Å². The first-order valence-corrected chi connectivity index (χ1v) is 15.9. The van der Waals surface area contributed by atoms with Crippen LogP contribution in [0.1, 0.15) is 72.3 Å². The lowest BCUT2D eigenvalue weighted by molar-refractivity contribution is -0.0909. The molecule has 0 aromatic heterocycles. The fourth-order valence-electron chi connectivity index (χ4n) is 7.41. The number of hydrogen-bond acceptors (Lipinski definition) is 3. The predicted octanol–water partition coefficient (Wildman–Crippen LogP) is 10.5. The number of ether oxygens (including phenoxy) is 1. The van der Waals surface area contributed by atoms with Crippen LogP contribution in [0.5, 0.6) is 5.75 Å². The zero-order valence-corrected chi connectivity index (χ0v) is 25.8. The minimum atomic E-state index is -0.967. The number of fused-ring (bicyclic) bond motifs is 1. The molecule has 0 saturated heterocycles. The molecule has 0 bridgehead atoms. The van der Waals surface area contributed by atoms with E-state index in [1.165, 1.54) is 16.0 Å². The fourth-order valence-corrected chi connectivity index (χ4v) is 8.05. The molecule has 1 saturated carbocycles. The maximum atomic E-state index is 12.7. The molecule has 0 aliphatic heterocycles. The molecule has 0 heterocycles. The summed E-state index contributed by atoms with van der Waals surface area (Å²) in [5.41, 5.74) is 4.75. The Labute approximate surface area is 245 Å². The molecule has 1 fully saturated rings. The summed E-state index contributed by atoms with van der Waals surface area (Å²) in [6.45, 7) is 12.1. The van der Waals surface area contributed by atoms with Crippen molar-refractivity contribution in [2.45, 2.75) is 77.2 Å². The summed E-state index contributed by atoms with van der Waals surface area (Å²) in [5.74, 6) is 0.873. The van der Waals surface area contributed by atoms with Crippen LogP contribution in [0.2, 0.25) is 0 Å². The van der Waals surface area contributed by atoms with Crippen LogP contribution >= 0.6 is 11.8 Å². The topological polar surface area (TPSA) is 29.5 Å². The normalized spacial score (nSPS) is 17.6. The summed E-state index contributed by atoms with van der Waals surface area (Å²) in [5, 5.41) is 15.0. The van der Waals surface area contributed by atoms with Crippen LogP contribution in [0.4, 0.5) is 0 Å². The summed E-state index contributed by atoms with van der Waals surface area (Å²) < 4.78 is 6.58. The molecule has 1 aliphatic rings. The Kier molecular flexibility index (Phi) is 8.10. The van der Waals surface area contributed by atoms with Crippen molar-refractivity contribution in [1.29, 1.82) is 0 Å². The van der Waals surface area contributed by atoms with E-state index in [0.29, 0.717) is 6.61 Å². The van der Waals surface area contributed by atoms with Crippen molar-refractivity contribution < 1.29 is 9.84 Å². The molecule has 0 amide bonds. The van der Waals surface area contributed by atoms with Crippen LogP contribution in [0.25, 0.3) is 33.0 Å². The van der Waals surface area contributed by atoms with Gasteiger partial charge in [-0.15, -0.1) is 11.8 Å². The van der Waals surface area contributed by atoms with Crippen LogP contribution < -0.4 is 4.74 Å². The first kappa shape index (κ1) is 28.8. The molecule has 4 aromatic carbocycles. The van der Waals surface area contributed by atoms with Crippen LogP contribution in [0.3, 0.4) is 0 Å². The maximum absolute atomic E-state index is 12.7. The van der Waals surface area contributed by atoms with E-state index in [2.05, 4.69) is 120 Å². The van der Waals surface area contributed by atoms with E-state index in [4.69, 9.17) is 4.74 Å². The average Bonchev–Trinajstić information content (AvgIpc) is 2.91. The Morgan fingerprint density at radius 3 is 1.95 bits per heavy atom. The van der Waals surface area contributed by atoms with Gasteiger partial charge in [0.25, 0.3) is 0 Å². The van der Waals surface area contributed by atoms with Gasteiger partial charge >= 0.3 is 0 Å². The van der Waals surface area contributed by atoms with E-state index in [-0.39, 0.29) is 10.8 Å². The SMILES string of the molecule is CCCCOc1cc(C2(O)CC(C)(C)CC(C)(C)C2)c(-c2ccccc2)c2cc(SC)c(-c3ccccc3)cc12. The number of benzene rings is 4. The number of rotatable bonds is 8. The van der Waals surface area contributed by atoms with E-state index >= 15 is 0 Å². The molecule has 1 aliphatic carbocycles. The Morgan fingerprint density at radius 1 is 0.775 bits per heavy atom. The van der Waals surface area contributed by atoms with E-state index in [9.17, 15) is 5.11 Å². The van der Waals surface area contributed by atoms with Crippen LogP contribution in [0, 0.1) is 10.8 Å². The summed E-state index contributed by atoms with van der Waals surface area (Å²) in [6, 6.07) is 28.1. The quantitative estimate of drug-likeness (QED) is 0.174. The Hall–Kier alpha value is -2.75. The Bertz CT molecular complexity index is 1460. The molecule has 3 heteroatoms. The number of aliphatic hydroxyl groups is 1. The molecular weight excluding hydrogens is 508 g/mol. The van der Waals surface area contributed by atoms with Gasteiger partial charge < -0.3 is 9.84 Å². The second-order valence-electron chi connectivity index (χ2n) is 13.2. The highest BCUT2D eigenvalue weighted by Crippen LogP contribution is 2.57. The first-order chi connectivity index (χ1) is 19.1. The molecule has 4 aromatic rings. The standard InChI is InChI=1S/C37H44O2S/c1-7-8-19-39-32-22-31(37(38)24-35(2,3)23-36(4,5)25-37)34(27-17-13-10-14-18-27)30-21-33(40-6)28(20-29(30)32)26-15-11-9-12-16-26/h9-18,20-22,38H,7-8,19,23-25H2,1-6H3. The van der Waals surface area contributed by atoms with Gasteiger partial charge in [-0.1, -0.05) is 102 Å². The molecule has 0 atom stereocenters. The average molecular weight is 553 g/mol. The van der Waals surface area contributed by atoms with Gasteiger partial charge in [0.1, 0.15) is 5.75 Å². The smallest absolute Gasteiger partial charge is 0.127 e. The van der Waals surface area contributed by atoms with Gasteiger partial charge in [0.05, 0.1) is 12.2 Å². The van der Waals surface area contributed by atoms with E-state index in [0.717, 1.165) is 65.3 Å². The second kappa shape index (κ2) is 11.3. The van der Waals surface area contributed by atoms with Crippen molar-refractivity contribution in [2.24, 2.45) is 10.8 Å². The third kappa shape index (κ3) is 5.83. The van der Waals surface area contributed by atoms with Crippen molar-refractivity contribution in [3.63, 3.8) is 0 Å². The number of unbranched alkanes of at least 4 members (excludes halogenated alkanes) is 1. The summed E-state index contributed by atoms with van der Waals surface area (Å²) >= 11 is 1.77. The lowest BCUT2D eigenvalue weighted by atomic mass is 9.57. The molecule has 2 nitrogen and oxygen atoms in total. The van der Waals surface area contributed by atoms with Gasteiger partial charge in [0.15, 0.2) is 0 Å². The third-order valence-electron chi connectivity index (χ3n) is 8.32. The fraction of sp³-hybridized carbons (Fsp3) is 0.405. The summed E-state index contributed by atoms with van der Waals surface area (Å²) in [4.78, 5) is 1.23. The number of hydrogen-bond donors (Lipinski definition) is 1. The monoisotopic (exact) mass is 552 g/mol. The van der Waals surface area contributed by atoms with Gasteiger partial charge in [0.2, 0.25) is 0 Å². The predicted molar refractivity (Wildman–Crippen MR) is 172 cm³/mol. The molecule has 0 radical (unpaired) electrons. The van der Waals surface area contributed by atoms with Gasteiger partial charge in [0, 0.05) is 10.3 Å². The van der Waals surface area contributed by atoms with Crippen LogP contribution in [-0.4, -0.2) is 18.0 Å². The molecule has 40 heavy (non-hydrogen) atoms. The van der Waals surface area contributed by atoms with Crippen LogP contribution in [0.15, 0.2) is 83.8 Å². The molecule has 0 unspecified atom stereocenters. The molecule has 5 rings (SSSR count). The largest absolute Gasteiger partial charge is 0.493 e. The highest BCUT2D eigenvalue weighted by Gasteiger charge is 2.48. The highest BCUT2D eigenvalue weighted by molar-refractivity contribution is 7.98. The van der Waals surface area contributed by atoms with Crippen molar-refractivity contribution >= 4 is 22.5 Å². The van der Waals surface area contributed by atoms with Gasteiger partial charge in [-0.05, 0) is 94.2 Å². The Balaban J connectivity index is 1.86. The second-order valence-corrected chi connectivity index (χ2v) is 14.1. The molecule has 0 spiro atoms. The van der Waals surface area contributed by atoms with Crippen molar-refractivity contribution in [3.05, 3.63) is 84.4 Å². The van der Waals surface area contributed by atoms with E-state index in [1.54, 1.807) is 11.8 Å². The minimum absolute atomic E-state index is 0.0181. The van der Waals surface area contributed by atoms with Gasteiger partial charge in [-0.25, -0.2) is 0 Å². The zero-order valence-electron chi connectivity index (χ0n) is 25.0. The maximum Gasteiger partial charge on any atom is 0.127 e. The summed E-state index contributed by atoms with van der Waals surface area (Å²) in [6.07, 6.45) is 6.76. The summed E-state index contributed by atoms with van der Waals surface area (Å²) in [7, 11) is 0. The first-order valence-electron chi connectivity index (χ1n) is 14.7. The minimum Gasteiger partial charge on any atom is -0.493 e. The molecule has 210 valence electrons. The lowest BCUT2D eigenvalue weighted by Gasteiger charge is -2.50. The molecular formula is C37H44O2S. The zero-order chi connectivity index (χ0) is 28.5. The van der Waals surface area contributed by atoms with Crippen LogP contribution in [-0.2, 0) is 5.60 Å². The van der Waals surface area contributed by atoms with E-state index < -0.39 is 5.60 Å². The lowest BCUT2D eigenvalue weighted by Crippen LogP contribution is -2.44. The third-order valence-corrected chi connectivity index (χ3v) is 9.10. The number of thioether (sulfide) groups is 1. The van der Waals surface area contributed by atoms with Crippen molar-refractivity contribution in [1.82, 2.24) is 0 Å². The molecule has 1 N–H and O–H groups in total.